The molecule has 0 aromatic rings. The van der Waals surface area contributed by atoms with Gasteiger partial charge in [0.25, 0.3) is 0 Å². The Morgan fingerprint density at radius 3 is 2.55 bits per heavy atom. The van der Waals surface area contributed by atoms with Crippen molar-refractivity contribution >= 4 is 5.97 Å². The van der Waals surface area contributed by atoms with E-state index in [4.69, 9.17) is 11.2 Å². The Morgan fingerprint density at radius 2 is 2.18 bits per heavy atom. The first kappa shape index (κ1) is 10.0. The highest BCUT2D eigenvalue weighted by Gasteiger charge is 2.27. The summed E-state index contributed by atoms with van der Waals surface area (Å²) in [5.74, 6) is 2.22. The Hall–Kier alpha value is -0.970. The Morgan fingerprint density at radius 1 is 1.64 bits per heavy atom. The molecule has 0 aliphatic rings. The summed E-state index contributed by atoms with van der Waals surface area (Å²) < 4.78 is 4.82. The third-order valence-corrected chi connectivity index (χ3v) is 1.37. The van der Waals surface area contributed by atoms with Crippen LogP contribution in [0.3, 0.4) is 0 Å². The summed E-state index contributed by atoms with van der Waals surface area (Å²) in [5.41, 5.74) is -0.537. The van der Waals surface area contributed by atoms with Gasteiger partial charge in [0.2, 0.25) is 0 Å². The second-order valence-electron chi connectivity index (χ2n) is 2.99. The van der Waals surface area contributed by atoms with Crippen LogP contribution >= 0.6 is 0 Å². The highest BCUT2D eigenvalue weighted by molar-refractivity contribution is 5.76. The average molecular weight is 154 g/mol. The number of rotatable bonds is 3. The van der Waals surface area contributed by atoms with Crippen molar-refractivity contribution in [1.82, 2.24) is 0 Å². The SMILES string of the molecule is C#CCC(C)(C)C(=O)OCC. The molecule has 0 saturated carbocycles. The van der Waals surface area contributed by atoms with E-state index < -0.39 is 5.41 Å². The van der Waals surface area contributed by atoms with Gasteiger partial charge in [-0.25, -0.2) is 0 Å². The smallest absolute Gasteiger partial charge is 0.312 e. The quantitative estimate of drug-likeness (QED) is 0.456. The lowest BCUT2D eigenvalue weighted by Crippen LogP contribution is -2.26. The van der Waals surface area contributed by atoms with E-state index in [1.807, 2.05) is 0 Å². The number of carbonyl (C=O) groups is 1. The molecule has 2 nitrogen and oxygen atoms in total. The standard InChI is InChI=1S/C9H14O2/c1-5-7-9(3,4)8(10)11-6-2/h1H,6-7H2,2-4H3. The molecule has 0 radical (unpaired) electrons. The van der Waals surface area contributed by atoms with Gasteiger partial charge in [-0.1, -0.05) is 0 Å². The zero-order chi connectivity index (χ0) is 8.91. The molecule has 0 aromatic heterocycles. The number of carbonyl (C=O) groups excluding carboxylic acids is 1. The molecular weight excluding hydrogens is 140 g/mol. The van der Waals surface area contributed by atoms with E-state index in [2.05, 4.69) is 5.92 Å². The number of hydrogen-bond acceptors (Lipinski definition) is 2. The van der Waals surface area contributed by atoms with Gasteiger partial charge in [-0.2, -0.15) is 0 Å². The van der Waals surface area contributed by atoms with Crippen LogP contribution in [0.2, 0.25) is 0 Å². The molecule has 0 fully saturated rings. The van der Waals surface area contributed by atoms with E-state index >= 15 is 0 Å². The van der Waals surface area contributed by atoms with Gasteiger partial charge in [0.05, 0.1) is 12.0 Å². The Labute approximate surface area is 67.9 Å². The lowest BCUT2D eigenvalue weighted by molar-refractivity contribution is -0.153. The predicted octanol–water partition coefficient (Wildman–Crippen LogP) is 1.60. The fourth-order valence-corrected chi connectivity index (χ4v) is 0.654. The third-order valence-electron chi connectivity index (χ3n) is 1.37. The summed E-state index contributed by atoms with van der Waals surface area (Å²) in [6.07, 6.45) is 5.51. The highest BCUT2D eigenvalue weighted by atomic mass is 16.5. The maximum Gasteiger partial charge on any atom is 0.312 e. The van der Waals surface area contributed by atoms with Gasteiger partial charge >= 0.3 is 5.97 Å². The zero-order valence-corrected chi connectivity index (χ0v) is 7.31. The molecule has 0 atom stereocenters. The summed E-state index contributed by atoms with van der Waals surface area (Å²) in [6.45, 7) is 5.76. The van der Waals surface area contributed by atoms with Crippen LogP contribution < -0.4 is 0 Å². The van der Waals surface area contributed by atoms with Crippen LogP contribution in [0.1, 0.15) is 27.2 Å². The predicted molar refractivity (Wildman–Crippen MR) is 43.9 cm³/mol. The lowest BCUT2D eigenvalue weighted by atomic mass is 9.90. The van der Waals surface area contributed by atoms with Crippen molar-refractivity contribution in [3.63, 3.8) is 0 Å². The highest BCUT2D eigenvalue weighted by Crippen LogP contribution is 2.20. The molecule has 0 aliphatic carbocycles. The van der Waals surface area contributed by atoms with Crippen LogP contribution in [0.25, 0.3) is 0 Å². The first-order valence-electron chi connectivity index (χ1n) is 3.65. The average Bonchev–Trinajstić information content (AvgIpc) is 1.88. The van der Waals surface area contributed by atoms with Gasteiger partial charge in [0.15, 0.2) is 0 Å². The van der Waals surface area contributed by atoms with Crippen LogP contribution in [-0.2, 0) is 9.53 Å². The van der Waals surface area contributed by atoms with Crippen molar-refractivity contribution < 1.29 is 9.53 Å². The number of ether oxygens (including phenoxy) is 1. The molecule has 0 spiro atoms. The van der Waals surface area contributed by atoms with Gasteiger partial charge in [-0.15, -0.1) is 12.3 Å². The van der Waals surface area contributed by atoms with Gasteiger partial charge < -0.3 is 4.74 Å². The first-order valence-corrected chi connectivity index (χ1v) is 3.65. The molecular formula is C9H14O2. The van der Waals surface area contributed by atoms with Crippen LogP contribution in [0, 0.1) is 17.8 Å². The fraction of sp³-hybridized carbons (Fsp3) is 0.667. The van der Waals surface area contributed by atoms with Gasteiger partial charge in [-0.05, 0) is 20.8 Å². The minimum atomic E-state index is -0.537. The Bertz CT molecular complexity index is 174. The molecule has 0 bridgehead atoms. The second-order valence-corrected chi connectivity index (χ2v) is 2.99. The largest absolute Gasteiger partial charge is 0.466 e. The van der Waals surface area contributed by atoms with Crippen LogP contribution in [0.5, 0.6) is 0 Å². The maximum atomic E-state index is 11.1. The Balaban J connectivity index is 4.08. The zero-order valence-electron chi connectivity index (χ0n) is 7.31. The molecule has 0 unspecified atom stereocenters. The molecule has 2 heteroatoms. The van der Waals surface area contributed by atoms with E-state index in [1.165, 1.54) is 0 Å². The number of terminal acetylenes is 1. The van der Waals surface area contributed by atoms with Gasteiger partial charge in [-0.3, -0.25) is 4.79 Å². The summed E-state index contributed by atoms with van der Waals surface area (Å²) in [6, 6.07) is 0. The van der Waals surface area contributed by atoms with Crippen molar-refractivity contribution in [2.45, 2.75) is 27.2 Å². The van der Waals surface area contributed by atoms with E-state index in [1.54, 1.807) is 20.8 Å². The molecule has 0 saturated heterocycles. The summed E-state index contributed by atoms with van der Waals surface area (Å²) in [7, 11) is 0. The molecule has 0 amide bonds. The topological polar surface area (TPSA) is 26.3 Å². The summed E-state index contributed by atoms with van der Waals surface area (Å²) in [4.78, 5) is 11.1. The lowest BCUT2D eigenvalue weighted by Gasteiger charge is -2.18. The van der Waals surface area contributed by atoms with Crippen molar-refractivity contribution in [3.8, 4) is 12.3 Å². The summed E-state index contributed by atoms with van der Waals surface area (Å²) >= 11 is 0. The first-order chi connectivity index (χ1) is 5.04. The molecule has 0 heterocycles. The van der Waals surface area contributed by atoms with Crippen molar-refractivity contribution in [2.24, 2.45) is 5.41 Å². The molecule has 0 N–H and O–H groups in total. The molecule has 0 aliphatic heterocycles. The maximum absolute atomic E-state index is 11.1. The van der Waals surface area contributed by atoms with Crippen molar-refractivity contribution in [3.05, 3.63) is 0 Å². The van der Waals surface area contributed by atoms with Crippen LogP contribution in [0.4, 0.5) is 0 Å². The fourth-order valence-electron chi connectivity index (χ4n) is 0.654. The minimum absolute atomic E-state index is 0.224. The molecule has 62 valence electrons. The molecule has 11 heavy (non-hydrogen) atoms. The van der Waals surface area contributed by atoms with Crippen molar-refractivity contribution in [2.75, 3.05) is 6.61 Å². The third kappa shape index (κ3) is 3.08. The van der Waals surface area contributed by atoms with E-state index in [0.29, 0.717) is 13.0 Å². The van der Waals surface area contributed by atoms with Gasteiger partial charge in [0.1, 0.15) is 0 Å². The number of hydrogen-bond donors (Lipinski definition) is 0. The number of esters is 1. The minimum Gasteiger partial charge on any atom is -0.466 e. The van der Waals surface area contributed by atoms with Crippen LogP contribution in [-0.4, -0.2) is 12.6 Å². The van der Waals surface area contributed by atoms with E-state index in [-0.39, 0.29) is 5.97 Å². The van der Waals surface area contributed by atoms with Crippen molar-refractivity contribution in [1.29, 1.82) is 0 Å². The van der Waals surface area contributed by atoms with E-state index in [9.17, 15) is 4.79 Å². The second kappa shape index (κ2) is 4.02. The Kier molecular flexibility index (Phi) is 3.67. The monoisotopic (exact) mass is 154 g/mol. The van der Waals surface area contributed by atoms with Gasteiger partial charge in [0, 0.05) is 6.42 Å². The molecule has 0 rings (SSSR count). The summed E-state index contributed by atoms with van der Waals surface area (Å²) in [5, 5.41) is 0. The molecule has 0 aromatic carbocycles. The van der Waals surface area contributed by atoms with E-state index in [0.717, 1.165) is 0 Å². The normalized spacial score (nSPS) is 10.4. The van der Waals surface area contributed by atoms with Crippen LogP contribution in [0.15, 0.2) is 0 Å².